The van der Waals surface area contributed by atoms with Crippen molar-refractivity contribution >= 4 is 35.0 Å². The molecular weight excluding hydrogens is 452 g/mol. The lowest BCUT2D eigenvalue weighted by atomic mass is 9.96. The van der Waals surface area contributed by atoms with Gasteiger partial charge in [-0.25, -0.2) is 8.78 Å². The number of allylic oxidation sites excluding steroid dienone is 4. The van der Waals surface area contributed by atoms with E-state index in [1.54, 1.807) is 22.8 Å². The van der Waals surface area contributed by atoms with E-state index in [2.05, 4.69) is 15.1 Å². The van der Waals surface area contributed by atoms with Crippen LogP contribution in [-0.4, -0.2) is 21.2 Å². The summed E-state index contributed by atoms with van der Waals surface area (Å²) < 4.78 is 33.2. The van der Waals surface area contributed by atoms with E-state index < -0.39 is 11.6 Å². The largest absolute Gasteiger partial charge is 0.361 e. The summed E-state index contributed by atoms with van der Waals surface area (Å²) in [6, 6.07) is 9.21. The molecule has 5 rings (SSSR count). The molecule has 1 aliphatic heterocycles. The Morgan fingerprint density at radius 3 is 2.68 bits per heavy atom. The first-order chi connectivity index (χ1) is 16.5. The fourth-order valence-electron chi connectivity index (χ4n) is 3.72. The molecule has 1 aromatic heterocycles. The Morgan fingerprint density at radius 2 is 2.03 bits per heavy atom. The number of anilines is 1. The number of nitrogens with zero attached hydrogens (tertiary/aromatic N) is 2. The Hall–Kier alpha value is -3.65. The Kier molecular flexibility index (Phi) is 6.06. The number of aryl methyl sites for hydroxylation is 1. The standard InChI is InChI=1S/C26H23F2N5S/c1-33-15-19(14-31-33)16-2-7-26(30-13-16)24(12-29)18-8-17(23-6-3-20(27)11-25(23)28)9-21(10-18)32-34-22-4-5-22/h2-3,6-15,22,29-30,32H,4-5H2,1H3/b26-24+,29-12?. The first-order valence-electron chi connectivity index (χ1n) is 10.9. The molecule has 5 nitrogen and oxygen atoms in total. The topological polar surface area (TPSA) is 65.7 Å². The predicted molar refractivity (Wildman–Crippen MR) is 135 cm³/mol. The van der Waals surface area contributed by atoms with Gasteiger partial charge in [0.05, 0.1) is 6.20 Å². The van der Waals surface area contributed by atoms with Crippen LogP contribution in [0.25, 0.3) is 22.3 Å². The van der Waals surface area contributed by atoms with E-state index >= 15 is 0 Å². The van der Waals surface area contributed by atoms with Crippen molar-refractivity contribution in [3.05, 3.63) is 95.6 Å². The van der Waals surface area contributed by atoms with Gasteiger partial charge in [0, 0.05) is 70.6 Å². The van der Waals surface area contributed by atoms with Crippen molar-refractivity contribution in [3.63, 3.8) is 0 Å². The maximum Gasteiger partial charge on any atom is 0.133 e. The second kappa shape index (κ2) is 9.30. The van der Waals surface area contributed by atoms with Gasteiger partial charge in [0.15, 0.2) is 0 Å². The number of benzene rings is 2. The molecule has 0 unspecified atom stereocenters. The van der Waals surface area contributed by atoms with Gasteiger partial charge in [-0.15, -0.1) is 0 Å². The number of rotatable bonds is 7. The van der Waals surface area contributed by atoms with Crippen LogP contribution in [0.2, 0.25) is 0 Å². The SMILES string of the molecule is Cn1cc(C2=CN/C(=C(\C=N)c3cc(NSC4CC4)cc(-c4ccc(F)cc4F)c3)C=C2)cn1. The minimum atomic E-state index is -0.623. The molecule has 3 aromatic rings. The van der Waals surface area contributed by atoms with Gasteiger partial charge in [-0.05, 0) is 72.3 Å². The molecule has 2 aromatic carbocycles. The summed E-state index contributed by atoms with van der Waals surface area (Å²) in [5.74, 6) is -1.24. The normalized spacial score (nSPS) is 16.6. The third kappa shape index (κ3) is 4.82. The van der Waals surface area contributed by atoms with Crippen LogP contribution in [-0.2, 0) is 7.05 Å². The molecule has 2 aliphatic rings. The summed E-state index contributed by atoms with van der Waals surface area (Å²) in [5, 5.41) is 16.2. The zero-order valence-corrected chi connectivity index (χ0v) is 19.3. The van der Waals surface area contributed by atoms with Gasteiger partial charge < -0.3 is 15.4 Å². The average molecular weight is 476 g/mol. The molecule has 0 amide bonds. The lowest BCUT2D eigenvalue weighted by Gasteiger charge is -2.17. The highest BCUT2D eigenvalue weighted by Crippen LogP contribution is 2.37. The van der Waals surface area contributed by atoms with Gasteiger partial charge in [0.25, 0.3) is 0 Å². The van der Waals surface area contributed by atoms with Gasteiger partial charge in [0.2, 0.25) is 0 Å². The molecule has 0 saturated heterocycles. The van der Waals surface area contributed by atoms with Crippen molar-refractivity contribution in [1.82, 2.24) is 15.1 Å². The van der Waals surface area contributed by atoms with E-state index in [0.29, 0.717) is 21.9 Å². The summed E-state index contributed by atoms with van der Waals surface area (Å²) in [7, 11) is 1.87. The molecule has 3 N–H and O–H groups in total. The van der Waals surface area contributed by atoms with E-state index in [-0.39, 0.29) is 0 Å². The number of hydrogen-bond acceptors (Lipinski definition) is 5. The molecule has 1 fully saturated rings. The number of halogens is 2. The Bertz CT molecular complexity index is 1350. The second-order valence-electron chi connectivity index (χ2n) is 8.29. The lowest BCUT2D eigenvalue weighted by molar-refractivity contribution is 0.585. The first-order valence-corrected chi connectivity index (χ1v) is 11.8. The van der Waals surface area contributed by atoms with Gasteiger partial charge >= 0.3 is 0 Å². The first kappa shape index (κ1) is 22.2. The minimum Gasteiger partial charge on any atom is -0.361 e. The van der Waals surface area contributed by atoms with Crippen molar-refractivity contribution < 1.29 is 8.78 Å². The van der Waals surface area contributed by atoms with Crippen molar-refractivity contribution in [3.8, 4) is 11.1 Å². The summed E-state index contributed by atoms with van der Waals surface area (Å²) in [6.45, 7) is 0. The van der Waals surface area contributed by atoms with Crippen LogP contribution < -0.4 is 10.0 Å². The molecule has 0 radical (unpaired) electrons. The fourth-order valence-corrected chi connectivity index (χ4v) is 4.51. The van der Waals surface area contributed by atoms with Crippen molar-refractivity contribution in [2.24, 2.45) is 7.05 Å². The summed E-state index contributed by atoms with van der Waals surface area (Å²) in [5.41, 5.74) is 5.84. The van der Waals surface area contributed by atoms with Crippen LogP contribution >= 0.6 is 11.9 Å². The van der Waals surface area contributed by atoms with E-state index in [9.17, 15) is 8.78 Å². The lowest BCUT2D eigenvalue weighted by Crippen LogP contribution is -2.11. The van der Waals surface area contributed by atoms with E-state index in [1.165, 1.54) is 31.2 Å². The number of hydrogen-bond donors (Lipinski definition) is 3. The Balaban J connectivity index is 1.52. The third-order valence-corrected chi connectivity index (χ3v) is 6.80. The van der Waals surface area contributed by atoms with Crippen molar-refractivity contribution in [2.75, 3.05) is 4.72 Å². The van der Waals surface area contributed by atoms with Gasteiger partial charge in [0.1, 0.15) is 11.6 Å². The summed E-state index contributed by atoms with van der Waals surface area (Å²) in [6.07, 6.45) is 13.1. The van der Waals surface area contributed by atoms with E-state index in [4.69, 9.17) is 5.41 Å². The average Bonchev–Trinajstić information content (AvgIpc) is 3.57. The molecule has 34 heavy (non-hydrogen) atoms. The molecule has 2 heterocycles. The zero-order chi connectivity index (χ0) is 23.7. The van der Waals surface area contributed by atoms with Crippen LogP contribution in [0.15, 0.2) is 72.8 Å². The van der Waals surface area contributed by atoms with Crippen LogP contribution in [0.5, 0.6) is 0 Å². The monoisotopic (exact) mass is 475 g/mol. The molecule has 0 spiro atoms. The quantitative estimate of drug-likeness (QED) is 0.283. The maximum atomic E-state index is 14.6. The summed E-state index contributed by atoms with van der Waals surface area (Å²) >= 11 is 1.65. The molecule has 0 atom stereocenters. The number of nitrogens with one attached hydrogen (secondary N) is 3. The van der Waals surface area contributed by atoms with Crippen molar-refractivity contribution in [1.29, 1.82) is 5.41 Å². The second-order valence-corrected chi connectivity index (χ2v) is 9.40. The smallest absolute Gasteiger partial charge is 0.133 e. The Labute approximate surface area is 200 Å². The Morgan fingerprint density at radius 1 is 1.18 bits per heavy atom. The summed E-state index contributed by atoms with van der Waals surface area (Å²) in [4.78, 5) is 0. The molecular formula is C26H23F2N5S. The van der Waals surface area contributed by atoms with Crippen LogP contribution in [0.4, 0.5) is 14.5 Å². The van der Waals surface area contributed by atoms with Crippen LogP contribution in [0.1, 0.15) is 24.0 Å². The molecule has 0 bridgehead atoms. The highest BCUT2D eigenvalue weighted by atomic mass is 32.2. The van der Waals surface area contributed by atoms with Crippen LogP contribution in [0.3, 0.4) is 0 Å². The maximum absolute atomic E-state index is 14.6. The zero-order valence-electron chi connectivity index (χ0n) is 18.5. The van der Waals surface area contributed by atoms with E-state index in [1.807, 2.05) is 49.8 Å². The van der Waals surface area contributed by atoms with Crippen molar-refractivity contribution in [2.45, 2.75) is 18.1 Å². The highest BCUT2D eigenvalue weighted by molar-refractivity contribution is 8.01. The highest BCUT2D eigenvalue weighted by Gasteiger charge is 2.22. The minimum absolute atomic E-state index is 0.308. The molecule has 1 aliphatic carbocycles. The third-order valence-electron chi connectivity index (χ3n) is 5.64. The predicted octanol–water partition coefficient (Wildman–Crippen LogP) is 6.15. The van der Waals surface area contributed by atoms with Crippen LogP contribution in [0, 0.1) is 17.0 Å². The molecule has 8 heteroatoms. The number of dihydropyridines is 1. The van der Waals surface area contributed by atoms with Gasteiger partial charge in [-0.1, -0.05) is 6.08 Å². The molecule has 172 valence electrons. The fraction of sp³-hybridized carbons (Fsp3) is 0.154. The molecule has 1 saturated carbocycles. The van der Waals surface area contributed by atoms with E-state index in [0.717, 1.165) is 34.2 Å². The number of aromatic nitrogens is 2. The van der Waals surface area contributed by atoms with Gasteiger partial charge in [-0.3, -0.25) is 4.68 Å². The van der Waals surface area contributed by atoms with Gasteiger partial charge in [-0.2, -0.15) is 5.10 Å².